The molecule has 0 amide bonds. The van der Waals surface area contributed by atoms with Crippen LogP contribution in [0.15, 0.2) is 121 Å². The molecule has 0 saturated carbocycles. The van der Waals surface area contributed by atoms with E-state index in [1.807, 2.05) is 121 Å². The molecule has 0 aliphatic carbocycles. The van der Waals surface area contributed by atoms with Crippen molar-refractivity contribution < 1.29 is 74.6 Å². The summed E-state index contributed by atoms with van der Waals surface area (Å²) in [4.78, 5) is 0. The minimum Gasteiger partial charge on any atom is -0.316 e. The fourth-order valence-corrected chi connectivity index (χ4v) is 4.86. The van der Waals surface area contributed by atoms with Crippen molar-refractivity contribution in [1.29, 1.82) is 0 Å². The van der Waals surface area contributed by atoms with Gasteiger partial charge in [-0.25, -0.2) is 48.5 Å². The Hall–Kier alpha value is 0.754. The zero-order valence-corrected chi connectivity index (χ0v) is 30.2. The van der Waals surface area contributed by atoms with Gasteiger partial charge < -0.3 is 13.3 Å². The molecule has 0 atom stereocenters. The van der Waals surface area contributed by atoms with Crippen molar-refractivity contribution >= 4 is 15.8 Å². The van der Waals surface area contributed by atoms with Gasteiger partial charge >= 0.3 is 74.6 Å². The van der Waals surface area contributed by atoms with E-state index < -0.39 is 0 Å². The molecule has 0 fully saturated rings. The fourth-order valence-electron chi connectivity index (χ4n) is 2.48. The molecule has 2 radical (unpaired) electrons. The minimum absolute atomic E-state index is 0. The van der Waals surface area contributed by atoms with Crippen molar-refractivity contribution in [2.24, 2.45) is 0 Å². The van der Waals surface area contributed by atoms with Crippen LogP contribution in [0.25, 0.3) is 0 Å². The van der Waals surface area contributed by atoms with Crippen molar-refractivity contribution in [3.05, 3.63) is 135 Å². The van der Waals surface area contributed by atoms with E-state index in [1.165, 1.54) is 0 Å². The molecule has 0 aliphatic heterocycles. The standard InChI is InChI=1S/2C7H16P.4C5H5.2Er/c2*1-6(2)8(5)7(3)4;4*1-2-4-5-3-1;;/h2*6-7H,5H2,1-4H3;4*1-5H;;/q6*-1;2*+3. The minimum atomic E-state index is 0. The van der Waals surface area contributed by atoms with Crippen LogP contribution in [0, 0.1) is 87.9 Å². The largest absolute Gasteiger partial charge is 3.00 e. The third-order valence-corrected chi connectivity index (χ3v) is 10.2. The average molecular weight is 857 g/mol. The molecule has 38 heavy (non-hydrogen) atoms. The molecule has 4 aromatic carbocycles. The average Bonchev–Trinajstić information content (AvgIpc) is 3.67. The molecule has 0 spiro atoms. The van der Waals surface area contributed by atoms with E-state index >= 15 is 0 Å². The van der Waals surface area contributed by atoms with Gasteiger partial charge in [-0.3, -0.25) is 15.8 Å². The first-order valence-electron chi connectivity index (χ1n) is 13.0. The van der Waals surface area contributed by atoms with Gasteiger partial charge in [0, 0.05) is 0 Å². The summed E-state index contributed by atoms with van der Waals surface area (Å²) in [6, 6.07) is 40.0. The van der Waals surface area contributed by atoms with E-state index in [2.05, 4.69) is 68.7 Å². The maximum atomic E-state index is 4.10. The Morgan fingerprint density at radius 1 is 0.368 bits per heavy atom. The van der Waals surface area contributed by atoms with Gasteiger partial charge in [0.1, 0.15) is 0 Å². The van der Waals surface area contributed by atoms with Crippen molar-refractivity contribution in [2.45, 2.75) is 78.0 Å². The van der Waals surface area contributed by atoms with E-state index in [4.69, 9.17) is 0 Å². The van der Waals surface area contributed by atoms with Gasteiger partial charge in [-0.05, 0) is 0 Å². The predicted octanol–water partition coefficient (Wildman–Crippen LogP) is 11.8. The molecule has 222 valence electrons. The first-order valence-corrected chi connectivity index (χ1v) is 16.3. The topological polar surface area (TPSA) is 0 Å². The molecule has 0 aromatic heterocycles. The van der Waals surface area contributed by atoms with Gasteiger partial charge in [-0.2, -0.15) is 72.8 Å². The molecule has 0 unspecified atom stereocenters. The molecule has 0 heterocycles. The first-order chi connectivity index (χ1) is 17.1. The molecule has 0 saturated heterocycles. The summed E-state index contributed by atoms with van der Waals surface area (Å²) in [6.45, 7) is 26.2. The molecule has 0 bridgehead atoms. The zero-order valence-electron chi connectivity index (χ0n) is 24.7. The van der Waals surface area contributed by atoms with Gasteiger partial charge in [-0.1, -0.05) is 78.0 Å². The van der Waals surface area contributed by atoms with Crippen LogP contribution in [0.3, 0.4) is 0 Å². The van der Waals surface area contributed by atoms with Crippen LogP contribution < -0.4 is 0 Å². The maximum absolute atomic E-state index is 4.10. The molecular weight excluding hydrogens is 805 g/mol. The van der Waals surface area contributed by atoms with E-state index in [-0.39, 0.29) is 90.5 Å². The van der Waals surface area contributed by atoms with Crippen LogP contribution in [0.1, 0.15) is 55.4 Å². The number of rotatable bonds is 4. The predicted molar refractivity (Wildman–Crippen MR) is 173 cm³/mol. The van der Waals surface area contributed by atoms with Crippen molar-refractivity contribution in [2.75, 3.05) is 0 Å². The molecule has 0 nitrogen and oxygen atoms in total. The van der Waals surface area contributed by atoms with E-state index in [1.54, 1.807) is 0 Å². The number of hydrogen-bond acceptors (Lipinski definition) is 0. The second-order valence-corrected chi connectivity index (χ2v) is 15.4. The molecule has 4 rings (SSSR count). The van der Waals surface area contributed by atoms with Crippen molar-refractivity contribution in [1.82, 2.24) is 0 Å². The van der Waals surface area contributed by atoms with Crippen LogP contribution in [0.5, 0.6) is 0 Å². The summed E-state index contributed by atoms with van der Waals surface area (Å²) >= 11 is 0. The second kappa shape index (κ2) is 34.0. The summed E-state index contributed by atoms with van der Waals surface area (Å²) in [5.41, 5.74) is 3.19. The smallest absolute Gasteiger partial charge is 0.316 e. The SMILES string of the molecule is [CH2-]P(C(C)C)C(C)C.[CH2-]P(C(C)C)C(C)C.[Er+3].[Er+3].c1cc[cH-]c1.c1cc[cH-]c1.c1cc[cH-]c1.c1cc[cH-]c1. The van der Waals surface area contributed by atoms with Crippen LogP contribution in [-0.2, 0) is 0 Å². The first kappa shape index (κ1) is 45.7. The third kappa shape index (κ3) is 34.8. The van der Waals surface area contributed by atoms with Crippen molar-refractivity contribution in [3.8, 4) is 0 Å². The third-order valence-electron chi connectivity index (χ3n) is 4.88. The van der Waals surface area contributed by atoms with E-state index in [0.717, 1.165) is 22.6 Å². The van der Waals surface area contributed by atoms with E-state index in [9.17, 15) is 0 Å². The van der Waals surface area contributed by atoms with Crippen LogP contribution >= 0.6 is 15.8 Å². The quantitative estimate of drug-likeness (QED) is 0.142. The van der Waals surface area contributed by atoms with Crippen LogP contribution in [0.2, 0.25) is 0 Å². The molecular formula is C34H52Er2P2. The monoisotopic (exact) mass is 854 g/mol. The van der Waals surface area contributed by atoms with Gasteiger partial charge in [0.2, 0.25) is 0 Å². The van der Waals surface area contributed by atoms with Crippen LogP contribution in [0.4, 0.5) is 0 Å². The zero-order chi connectivity index (χ0) is 27.6. The Morgan fingerprint density at radius 2 is 0.500 bits per heavy atom. The summed E-state index contributed by atoms with van der Waals surface area (Å²) in [7, 11) is 0.103. The normalized spacial score (nSPS) is 9.26. The summed E-state index contributed by atoms with van der Waals surface area (Å²) in [5.74, 6) is 0. The molecule has 0 aliphatic rings. The van der Waals surface area contributed by atoms with E-state index in [0.29, 0.717) is 0 Å². The Morgan fingerprint density at radius 3 is 0.526 bits per heavy atom. The summed E-state index contributed by atoms with van der Waals surface area (Å²) in [6.07, 6.45) is 0. The second-order valence-electron chi connectivity index (χ2n) is 9.25. The fraction of sp³-hybridized carbons (Fsp3) is 0.353. The number of hydrogen-bond donors (Lipinski definition) is 0. The van der Waals surface area contributed by atoms with Crippen molar-refractivity contribution in [3.63, 3.8) is 0 Å². The van der Waals surface area contributed by atoms with Gasteiger partial charge in [-0.15, -0.1) is 0 Å². The Bertz CT molecular complexity index is 577. The van der Waals surface area contributed by atoms with Crippen LogP contribution in [-0.4, -0.2) is 22.6 Å². The Kier molecular flexibility index (Phi) is 40.9. The van der Waals surface area contributed by atoms with Gasteiger partial charge in [0.15, 0.2) is 0 Å². The summed E-state index contributed by atoms with van der Waals surface area (Å²) < 4.78 is 0. The Labute approximate surface area is 299 Å². The Balaban J connectivity index is -0.000000182. The molecule has 0 N–H and O–H groups in total. The molecule has 4 heteroatoms. The summed E-state index contributed by atoms with van der Waals surface area (Å²) in [5, 5.41) is 0. The molecule has 4 aromatic rings. The van der Waals surface area contributed by atoms with Gasteiger partial charge in [0.05, 0.1) is 0 Å². The van der Waals surface area contributed by atoms with Gasteiger partial charge in [0.25, 0.3) is 0 Å². The maximum Gasteiger partial charge on any atom is 3.00 e.